The van der Waals surface area contributed by atoms with Crippen molar-refractivity contribution in [1.82, 2.24) is 14.5 Å². The van der Waals surface area contributed by atoms with Gasteiger partial charge in [0, 0.05) is 5.02 Å². The zero-order valence-corrected chi connectivity index (χ0v) is 18.5. The van der Waals surface area contributed by atoms with Crippen molar-refractivity contribution in [3.05, 3.63) is 98.8 Å². The zero-order chi connectivity index (χ0) is 22.4. The van der Waals surface area contributed by atoms with E-state index in [4.69, 9.17) is 11.6 Å². The fourth-order valence-electron chi connectivity index (χ4n) is 3.74. The number of rotatable bonds is 4. The molecule has 8 heteroatoms. The number of nitrogens with zero attached hydrogens (tertiary/aromatic N) is 3. The summed E-state index contributed by atoms with van der Waals surface area (Å²) in [4.78, 5) is 44.8. The molecule has 1 aliphatic heterocycles. The standard InChI is InChI=1S/C24H16ClN3O3S/c1-14-6-2-5-9-20(14)28-23(31)18-11-10-15(25)12-19(18)26-24(28)32-13-27-21(29)16-7-3-4-8-17(16)22(27)30/h2-12H,13H2,1H3. The molecule has 0 atom stereocenters. The highest BCUT2D eigenvalue weighted by Crippen LogP contribution is 2.29. The molecule has 0 spiro atoms. The summed E-state index contributed by atoms with van der Waals surface area (Å²) in [6.07, 6.45) is 0. The number of hydrogen-bond acceptors (Lipinski definition) is 5. The van der Waals surface area contributed by atoms with Crippen molar-refractivity contribution in [2.45, 2.75) is 12.1 Å². The summed E-state index contributed by atoms with van der Waals surface area (Å²) in [5.41, 5.74) is 2.56. The number of carbonyl (C=O) groups excluding carboxylic acids is 2. The highest BCUT2D eigenvalue weighted by molar-refractivity contribution is 7.99. The van der Waals surface area contributed by atoms with E-state index >= 15 is 0 Å². The molecule has 3 aromatic carbocycles. The van der Waals surface area contributed by atoms with Gasteiger partial charge in [0.15, 0.2) is 5.16 Å². The van der Waals surface area contributed by atoms with Crippen LogP contribution >= 0.6 is 23.4 Å². The fourth-order valence-corrected chi connectivity index (χ4v) is 4.86. The molecule has 0 saturated heterocycles. The largest absolute Gasteiger partial charge is 0.269 e. The second-order valence-corrected chi connectivity index (χ2v) is 8.69. The summed E-state index contributed by atoms with van der Waals surface area (Å²) in [6.45, 7) is 1.91. The number of carbonyl (C=O) groups is 2. The second-order valence-electron chi connectivity index (χ2n) is 7.34. The minimum Gasteiger partial charge on any atom is -0.269 e. The molecule has 4 aromatic rings. The number of halogens is 1. The average Bonchev–Trinajstić information content (AvgIpc) is 3.03. The van der Waals surface area contributed by atoms with Gasteiger partial charge in [-0.25, -0.2) is 4.98 Å². The van der Waals surface area contributed by atoms with E-state index in [1.54, 1.807) is 42.5 Å². The van der Waals surface area contributed by atoms with Gasteiger partial charge in [-0.2, -0.15) is 0 Å². The molecule has 0 fully saturated rings. The summed E-state index contributed by atoms with van der Waals surface area (Å²) >= 11 is 7.28. The van der Waals surface area contributed by atoms with Crippen LogP contribution in [0.3, 0.4) is 0 Å². The van der Waals surface area contributed by atoms with Crippen LogP contribution in [0.5, 0.6) is 0 Å². The van der Waals surface area contributed by atoms with Crippen LogP contribution in [0.4, 0.5) is 0 Å². The minimum absolute atomic E-state index is 0.0245. The Labute approximate surface area is 192 Å². The predicted molar refractivity (Wildman–Crippen MR) is 125 cm³/mol. The highest BCUT2D eigenvalue weighted by atomic mass is 35.5. The van der Waals surface area contributed by atoms with E-state index in [1.807, 2.05) is 31.2 Å². The summed E-state index contributed by atoms with van der Waals surface area (Å²) in [5.74, 6) is -0.685. The van der Waals surface area contributed by atoms with E-state index < -0.39 is 0 Å². The lowest BCUT2D eigenvalue weighted by Crippen LogP contribution is -2.30. The van der Waals surface area contributed by atoms with Crippen molar-refractivity contribution < 1.29 is 9.59 Å². The van der Waals surface area contributed by atoms with Crippen molar-refractivity contribution >= 4 is 46.1 Å². The maximum atomic E-state index is 13.4. The number of para-hydroxylation sites is 1. The van der Waals surface area contributed by atoms with Gasteiger partial charge in [-0.15, -0.1) is 0 Å². The molecule has 158 valence electrons. The minimum atomic E-state index is -0.355. The van der Waals surface area contributed by atoms with Crippen molar-refractivity contribution in [1.29, 1.82) is 0 Å². The second kappa shape index (κ2) is 7.93. The molecule has 0 bridgehead atoms. The van der Waals surface area contributed by atoms with Gasteiger partial charge in [0.05, 0.1) is 33.6 Å². The highest BCUT2D eigenvalue weighted by Gasteiger charge is 2.35. The Morgan fingerprint density at radius 1 is 0.906 bits per heavy atom. The van der Waals surface area contributed by atoms with E-state index in [1.165, 1.54) is 9.47 Å². The molecule has 0 radical (unpaired) electrons. The Bertz CT molecular complexity index is 1450. The zero-order valence-electron chi connectivity index (χ0n) is 16.9. The normalized spacial score (nSPS) is 13.1. The van der Waals surface area contributed by atoms with Crippen LogP contribution in [-0.4, -0.2) is 32.1 Å². The predicted octanol–water partition coefficient (Wildman–Crippen LogP) is 4.69. The number of amides is 2. The third-order valence-electron chi connectivity index (χ3n) is 5.36. The smallest absolute Gasteiger partial charge is 0.266 e. The van der Waals surface area contributed by atoms with Crippen LogP contribution in [-0.2, 0) is 0 Å². The molecule has 0 unspecified atom stereocenters. The average molecular weight is 462 g/mol. The maximum Gasteiger partial charge on any atom is 0.266 e. The van der Waals surface area contributed by atoms with Crippen molar-refractivity contribution in [3.8, 4) is 5.69 Å². The number of aryl methyl sites for hydroxylation is 1. The van der Waals surface area contributed by atoms with Gasteiger partial charge in [-0.3, -0.25) is 23.9 Å². The summed E-state index contributed by atoms with van der Waals surface area (Å²) in [5, 5.41) is 1.27. The van der Waals surface area contributed by atoms with Crippen LogP contribution in [0.2, 0.25) is 5.02 Å². The Morgan fingerprint density at radius 3 is 2.25 bits per heavy atom. The molecule has 2 heterocycles. The molecule has 0 N–H and O–H groups in total. The monoisotopic (exact) mass is 461 g/mol. The number of thioether (sulfide) groups is 1. The Morgan fingerprint density at radius 2 is 1.56 bits per heavy atom. The number of imide groups is 1. The summed E-state index contributed by atoms with van der Waals surface area (Å²) < 4.78 is 1.52. The first kappa shape index (κ1) is 20.5. The van der Waals surface area contributed by atoms with Crippen molar-refractivity contribution in [2.75, 3.05) is 5.88 Å². The van der Waals surface area contributed by atoms with E-state index in [-0.39, 0.29) is 23.3 Å². The number of hydrogen-bond donors (Lipinski definition) is 0. The van der Waals surface area contributed by atoms with Crippen molar-refractivity contribution in [3.63, 3.8) is 0 Å². The van der Waals surface area contributed by atoms with Crippen LogP contribution in [0.1, 0.15) is 26.3 Å². The molecule has 32 heavy (non-hydrogen) atoms. The molecule has 1 aromatic heterocycles. The first-order valence-electron chi connectivity index (χ1n) is 9.82. The molecule has 2 amide bonds. The van der Waals surface area contributed by atoms with Crippen LogP contribution < -0.4 is 5.56 Å². The third kappa shape index (κ3) is 3.30. The van der Waals surface area contributed by atoms with E-state index in [0.29, 0.717) is 37.9 Å². The lowest BCUT2D eigenvalue weighted by molar-refractivity contribution is 0.0684. The third-order valence-corrected chi connectivity index (χ3v) is 6.51. The van der Waals surface area contributed by atoms with Crippen LogP contribution in [0.15, 0.2) is 76.7 Å². The summed E-state index contributed by atoms with van der Waals surface area (Å²) in [7, 11) is 0. The van der Waals surface area contributed by atoms with E-state index in [2.05, 4.69) is 4.98 Å². The van der Waals surface area contributed by atoms with E-state index in [9.17, 15) is 14.4 Å². The molecule has 0 saturated carbocycles. The van der Waals surface area contributed by atoms with Gasteiger partial charge in [0.1, 0.15) is 0 Å². The molecule has 6 nitrogen and oxygen atoms in total. The number of benzene rings is 3. The topological polar surface area (TPSA) is 72.3 Å². The quantitative estimate of drug-likeness (QED) is 0.250. The first-order valence-corrected chi connectivity index (χ1v) is 11.2. The molecular weight excluding hydrogens is 446 g/mol. The van der Waals surface area contributed by atoms with Gasteiger partial charge >= 0.3 is 0 Å². The molecule has 5 rings (SSSR count). The van der Waals surface area contributed by atoms with E-state index in [0.717, 1.165) is 17.3 Å². The van der Waals surface area contributed by atoms with Gasteiger partial charge in [0.2, 0.25) is 0 Å². The van der Waals surface area contributed by atoms with Crippen LogP contribution in [0, 0.1) is 6.92 Å². The Kier molecular flexibility index (Phi) is 5.07. The lowest BCUT2D eigenvalue weighted by atomic mass is 10.1. The molecular formula is C24H16ClN3O3S. The Balaban J connectivity index is 1.60. The van der Waals surface area contributed by atoms with Gasteiger partial charge < -0.3 is 0 Å². The first-order chi connectivity index (χ1) is 15.5. The number of aromatic nitrogens is 2. The van der Waals surface area contributed by atoms with Gasteiger partial charge in [0.25, 0.3) is 17.4 Å². The molecule has 0 aliphatic carbocycles. The SMILES string of the molecule is Cc1ccccc1-n1c(SCN2C(=O)c3ccccc3C2=O)nc2cc(Cl)ccc2c1=O. The molecule has 1 aliphatic rings. The van der Waals surface area contributed by atoms with Crippen molar-refractivity contribution in [2.24, 2.45) is 0 Å². The fraction of sp³-hybridized carbons (Fsp3) is 0.0833. The number of fused-ring (bicyclic) bond motifs is 2. The van der Waals surface area contributed by atoms with Crippen LogP contribution in [0.25, 0.3) is 16.6 Å². The lowest BCUT2D eigenvalue weighted by Gasteiger charge is -2.17. The van der Waals surface area contributed by atoms with Gasteiger partial charge in [-0.05, 0) is 48.9 Å². The Hall–Kier alpha value is -3.42. The maximum absolute atomic E-state index is 13.4. The van der Waals surface area contributed by atoms with Gasteiger partial charge in [-0.1, -0.05) is 53.7 Å². The summed E-state index contributed by atoms with van der Waals surface area (Å²) in [6, 6.07) is 19.2.